The molecule has 2 heterocycles. The van der Waals surface area contributed by atoms with Crippen molar-refractivity contribution >= 4 is 29.9 Å². The highest BCUT2D eigenvalue weighted by Crippen LogP contribution is 2.48. The van der Waals surface area contributed by atoms with Crippen LogP contribution < -0.4 is 10.1 Å². The number of nitrogens with one attached hydrogen (secondary N) is 1. The first-order chi connectivity index (χ1) is 13.6. The zero-order valence-corrected chi connectivity index (χ0v) is 20.5. The molecule has 0 bridgehead atoms. The van der Waals surface area contributed by atoms with Crippen molar-refractivity contribution in [2.45, 2.75) is 50.9 Å². The van der Waals surface area contributed by atoms with E-state index in [-0.39, 0.29) is 29.4 Å². The Labute approximate surface area is 192 Å². The molecule has 2 aliphatic heterocycles. The Kier molecular flexibility index (Phi) is 7.36. The number of halogens is 1. The molecular weight excluding hydrogens is 477 g/mol. The van der Waals surface area contributed by atoms with Gasteiger partial charge in [0.1, 0.15) is 5.75 Å². The fraction of sp³-hybridized carbons (Fsp3) is 0.696. The van der Waals surface area contributed by atoms with Gasteiger partial charge in [-0.05, 0) is 50.5 Å². The molecule has 0 atom stereocenters. The third-order valence-corrected chi connectivity index (χ3v) is 7.33. The maximum Gasteiger partial charge on any atom is 0.193 e. The summed E-state index contributed by atoms with van der Waals surface area (Å²) in [5, 5.41) is 3.74. The first-order valence-corrected chi connectivity index (χ1v) is 10.8. The number of likely N-dealkylation sites (tertiary alicyclic amines) is 1. The van der Waals surface area contributed by atoms with Crippen molar-refractivity contribution in [1.82, 2.24) is 10.2 Å². The van der Waals surface area contributed by atoms with Gasteiger partial charge < -0.3 is 19.7 Å². The van der Waals surface area contributed by atoms with Crippen molar-refractivity contribution in [3.63, 3.8) is 0 Å². The third-order valence-electron chi connectivity index (χ3n) is 7.33. The molecule has 162 valence electrons. The molecule has 1 aromatic carbocycles. The molecule has 4 rings (SSSR count). The second kappa shape index (κ2) is 9.41. The van der Waals surface area contributed by atoms with Crippen molar-refractivity contribution in [3.05, 3.63) is 29.3 Å². The van der Waals surface area contributed by atoms with E-state index in [1.54, 1.807) is 7.11 Å². The Hall–Kier alpha value is -1.02. The molecule has 0 unspecified atom stereocenters. The van der Waals surface area contributed by atoms with Gasteiger partial charge >= 0.3 is 0 Å². The van der Waals surface area contributed by atoms with E-state index in [0.717, 1.165) is 57.4 Å². The van der Waals surface area contributed by atoms with E-state index in [2.05, 4.69) is 40.3 Å². The second-order valence-electron chi connectivity index (χ2n) is 9.02. The van der Waals surface area contributed by atoms with Gasteiger partial charge in [-0.25, -0.2) is 0 Å². The van der Waals surface area contributed by atoms with Crippen LogP contribution in [0.5, 0.6) is 5.75 Å². The van der Waals surface area contributed by atoms with Gasteiger partial charge in [0.15, 0.2) is 5.96 Å². The summed E-state index contributed by atoms with van der Waals surface area (Å²) in [6.45, 7) is 6.91. The van der Waals surface area contributed by atoms with Crippen molar-refractivity contribution in [3.8, 4) is 5.75 Å². The van der Waals surface area contributed by atoms with Crippen LogP contribution in [0.25, 0.3) is 0 Å². The lowest BCUT2D eigenvalue weighted by Crippen LogP contribution is -2.49. The summed E-state index contributed by atoms with van der Waals surface area (Å²) >= 11 is 0. The highest BCUT2D eigenvalue weighted by atomic mass is 127. The van der Waals surface area contributed by atoms with E-state index in [9.17, 15) is 0 Å². The van der Waals surface area contributed by atoms with E-state index >= 15 is 0 Å². The van der Waals surface area contributed by atoms with Gasteiger partial charge in [0.25, 0.3) is 0 Å². The van der Waals surface area contributed by atoms with E-state index < -0.39 is 0 Å². The number of rotatable bonds is 4. The molecule has 29 heavy (non-hydrogen) atoms. The lowest BCUT2D eigenvalue weighted by atomic mass is 9.68. The normalized spacial score (nSPS) is 22.7. The number of ether oxygens (including phenoxy) is 2. The molecule has 1 spiro atoms. The maximum atomic E-state index is 5.75. The average molecular weight is 513 g/mol. The average Bonchev–Trinajstić information content (AvgIpc) is 3.15. The predicted octanol–water partition coefficient (Wildman–Crippen LogP) is 4.12. The summed E-state index contributed by atoms with van der Waals surface area (Å²) in [5.41, 5.74) is 3.17. The first kappa shape index (κ1) is 22.7. The zero-order chi connectivity index (χ0) is 19.6. The van der Waals surface area contributed by atoms with E-state index in [4.69, 9.17) is 9.47 Å². The quantitative estimate of drug-likeness (QED) is 0.374. The summed E-state index contributed by atoms with van der Waals surface area (Å²) in [6, 6.07) is 6.54. The Balaban J connectivity index is 0.00000240. The van der Waals surface area contributed by atoms with Gasteiger partial charge in [0, 0.05) is 50.9 Å². The van der Waals surface area contributed by atoms with Crippen molar-refractivity contribution in [1.29, 1.82) is 0 Å². The van der Waals surface area contributed by atoms with Gasteiger partial charge in [-0.15, -0.1) is 24.0 Å². The lowest BCUT2D eigenvalue weighted by molar-refractivity contribution is 0.0503. The van der Waals surface area contributed by atoms with Gasteiger partial charge in [-0.2, -0.15) is 0 Å². The van der Waals surface area contributed by atoms with Crippen LogP contribution in [0.4, 0.5) is 0 Å². The SMILES string of the molecule is CN=C(NCC1(c2cc(C)ccc2OC)CCOCC1)N1CCC2(CCC2)C1.I. The molecular formula is C23H36IN3O2. The van der Waals surface area contributed by atoms with Gasteiger partial charge in [0.2, 0.25) is 0 Å². The summed E-state index contributed by atoms with van der Waals surface area (Å²) < 4.78 is 11.5. The number of aliphatic imine (C=N–C) groups is 1. The monoisotopic (exact) mass is 513 g/mol. The predicted molar refractivity (Wildman–Crippen MR) is 129 cm³/mol. The number of guanidine groups is 1. The number of hydrogen-bond donors (Lipinski definition) is 1. The number of benzene rings is 1. The van der Waals surface area contributed by atoms with Crippen LogP contribution >= 0.6 is 24.0 Å². The number of hydrogen-bond acceptors (Lipinski definition) is 3. The highest BCUT2D eigenvalue weighted by molar-refractivity contribution is 14.0. The third kappa shape index (κ3) is 4.53. The fourth-order valence-electron chi connectivity index (χ4n) is 5.32. The molecule has 3 fully saturated rings. The van der Waals surface area contributed by atoms with Gasteiger partial charge in [-0.3, -0.25) is 4.99 Å². The minimum Gasteiger partial charge on any atom is -0.496 e. The van der Waals surface area contributed by atoms with E-state index in [1.807, 2.05) is 7.05 Å². The molecule has 2 saturated heterocycles. The van der Waals surface area contributed by atoms with Crippen molar-refractivity contribution in [2.75, 3.05) is 47.0 Å². The molecule has 1 N–H and O–H groups in total. The molecule has 0 aromatic heterocycles. The summed E-state index contributed by atoms with van der Waals surface area (Å²) in [5.74, 6) is 2.04. The standard InChI is InChI=1S/C23H35N3O2.HI/c1-18-5-6-20(27-3)19(15-18)23(10-13-28-14-11-23)16-25-21(24-2)26-12-9-22(17-26)7-4-8-22;/h5-6,15H,4,7-14,16-17H2,1-3H3,(H,24,25);1H. The largest absolute Gasteiger partial charge is 0.496 e. The summed E-state index contributed by atoms with van der Waals surface area (Å²) in [6.07, 6.45) is 7.50. The number of aryl methyl sites for hydroxylation is 1. The fourth-order valence-corrected chi connectivity index (χ4v) is 5.32. The van der Waals surface area contributed by atoms with Crippen molar-refractivity contribution < 1.29 is 9.47 Å². The Morgan fingerprint density at radius 1 is 1.21 bits per heavy atom. The Bertz CT molecular complexity index is 727. The number of methoxy groups -OCH3 is 1. The first-order valence-electron chi connectivity index (χ1n) is 10.8. The maximum absolute atomic E-state index is 5.75. The van der Waals surface area contributed by atoms with E-state index in [1.165, 1.54) is 36.8 Å². The Morgan fingerprint density at radius 2 is 1.97 bits per heavy atom. The minimum atomic E-state index is 0. The summed E-state index contributed by atoms with van der Waals surface area (Å²) in [4.78, 5) is 7.10. The van der Waals surface area contributed by atoms with Crippen LogP contribution in [-0.4, -0.2) is 57.9 Å². The van der Waals surface area contributed by atoms with Crippen LogP contribution in [0.1, 0.15) is 49.7 Å². The Morgan fingerprint density at radius 3 is 2.55 bits per heavy atom. The molecule has 1 saturated carbocycles. The summed E-state index contributed by atoms with van der Waals surface area (Å²) in [7, 11) is 3.69. The smallest absolute Gasteiger partial charge is 0.193 e. The highest BCUT2D eigenvalue weighted by Gasteiger charge is 2.44. The van der Waals surface area contributed by atoms with E-state index in [0.29, 0.717) is 5.41 Å². The van der Waals surface area contributed by atoms with Crippen LogP contribution in [0.2, 0.25) is 0 Å². The zero-order valence-electron chi connectivity index (χ0n) is 18.1. The molecule has 6 heteroatoms. The molecule has 1 aromatic rings. The van der Waals surface area contributed by atoms with Gasteiger partial charge in [-0.1, -0.05) is 24.1 Å². The van der Waals surface area contributed by atoms with Crippen molar-refractivity contribution in [2.24, 2.45) is 10.4 Å². The molecule has 5 nitrogen and oxygen atoms in total. The minimum absolute atomic E-state index is 0. The van der Waals surface area contributed by atoms with Crippen LogP contribution in [-0.2, 0) is 10.2 Å². The molecule has 3 aliphatic rings. The van der Waals surface area contributed by atoms with Crippen LogP contribution in [0.3, 0.4) is 0 Å². The van der Waals surface area contributed by atoms with Gasteiger partial charge in [0.05, 0.1) is 7.11 Å². The molecule has 0 amide bonds. The molecule has 0 radical (unpaired) electrons. The topological polar surface area (TPSA) is 46.1 Å². The molecule has 1 aliphatic carbocycles. The second-order valence-corrected chi connectivity index (χ2v) is 9.02. The number of nitrogens with zero attached hydrogens (tertiary/aromatic N) is 2. The van der Waals surface area contributed by atoms with Crippen LogP contribution in [0, 0.1) is 12.3 Å². The lowest BCUT2D eigenvalue weighted by Gasteiger charge is -2.40. The van der Waals surface area contributed by atoms with Crippen LogP contribution in [0.15, 0.2) is 23.2 Å².